The van der Waals surface area contributed by atoms with Gasteiger partial charge in [0.2, 0.25) is 5.13 Å². The van der Waals surface area contributed by atoms with E-state index in [1.165, 1.54) is 11.3 Å². The number of nitrogens with one attached hydrogen (secondary N) is 2. The fraction of sp³-hybridized carbons (Fsp3) is 0. The third-order valence-corrected chi connectivity index (χ3v) is 2.87. The Bertz CT molecular complexity index is 660. The second-order valence-electron chi connectivity index (χ2n) is 3.33. The molecule has 17 heavy (non-hydrogen) atoms. The number of amides is 1. The van der Waals surface area contributed by atoms with Crippen molar-refractivity contribution in [2.75, 3.05) is 5.32 Å². The fourth-order valence-electron chi connectivity index (χ4n) is 1.47. The highest BCUT2D eigenvalue weighted by molar-refractivity contribution is 7.13. The van der Waals surface area contributed by atoms with E-state index in [-0.39, 0.29) is 5.91 Å². The highest BCUT2D eigenvalue weighted by Crippen LogP contribution is 2.14. The molecule has 0 unspecified atom stereocenters. The zero-order valence-corrected chi connectivity index (χ0v) is 9.36. The van der Waals surface area contributed by atoms with Crippen LogP contribution < -0.4 is 5.32 Å². The van der Waals surface area contributed by atoms with Crippen molar-refractivity contribution in [2.24, 2.45) is 0 Å². The maximum absolute atomic E-state index is 11.9. The van der Waals surface area contributed by atoms with Gasteiger partial charge in [-0.1, -0.05) is 11.3 Å². The second-order valence-corrected chi connectivity index (χ2v) is 4.17. The van der Waals surface area contributed by atoms with Gasteiger partial charge in [0.25, 0.3) is 5.91 Å². The van der Waals surface area contributed by atoms with Crippen molar-refractivity contribution in [3.63, 3.8) is 0 Å². The number of imidazole rings is 1. The lowest BCUT2D eigenvalue weighted by molar-refractivity contribution is 0.102. The first-order valence-corrected chi connectivity index (χ1v) is 5.71. The van der Waals surface area contributed by atoms with Crippen molar-refractivity contribution in [3.8, 4) is 0 Å². The van der Waals surface area contributed by atoms with Gasteiger partial charge in [-0.3, -0.25) is 10.1 Å². The molecule has 0 aliphatic rings. The first-order valence-electron chi connectivity index (χ1n) is 4.83. The number of anilines is 1. The molecule has 0 saturated carbocycles. The van der Waals surface area contributed by atoms with Crippen LogP contribution in [0.2, 0.25) is 0 Å². The SMILES string of the molecule is O=C(Nc1nncs1)c1ccc2nc[nH]c2c1. The third kappa shape index (κ3) is 1.87. The molecule has 2 aromatic heterocycles. The average Bonchev–Trinajstić information content (AvgIpc) is 2.97. The number of hydrogen-bond donors (Lipinski definition) is 2. The maximum Gasteiger partial charge on any atom is 0.257 e. The molecule has 0 bridgehead atoms. The minimum atomic E-state index is -0.210. The first kappa shape index (κ1) is 9.91. The van der Waals surface area contributed by atoms with Gasteiger partial charge in [-0.15, -0.1) is 10.2 Å². The lowest BCUT2D eigenvalue weighted by atomic mass is 10.2. The molecule has 2 heterocycles. The van der Waals surface area contributed by atoms with Crippen LogP contribution in [0.25, 0.3) is 11.0 Å². The topological polar surface area (TPSA) is 83.6 Å². The molecule has 0 radical (unpaired) electrons. The summed E-state index contributed by atoms with van der Waals surface area (Å²) in [5.41, 5.74) is 3.78. The molecule has 0 aliphatic heterocycles. The molecular weight excluding hydrogens is 238 g/mol. The number of nitrogens with zero attached hydrogens (tertiary/aromatic N) is 3. The summed E-state index contributed by atoms with van der Waals surface area (Å²) in [4.78, 5) is 18.9. The Morgan fingerprint density at radius 3 is 3.18 bits per heavy atom. The average molecular weight is 245 g/mol. The molecule has 2 N–H and O–H groups in total. The van der Waals surface area contributed by atoms with E-state index in [1.54, 1.807) is 30.0 Å². The van der Waals surface area contributed by atoms with Crippen LogP contribution in [0.15, 0.2) is 30.0 Å². The lowest BCUT2D eigenvalue weighted by Crippen LogP contribution is -2.11. The minimum absolute atomic E-state index is 0.210. The normalized spacial score (nSPS) is 10.6. The Morgan fingerprint density at radius 1 is 1.41 bits per heavy atom. The van der Waals surface area contributed by atoms with Gasteiger partial charge in [-0.05, 0) is 18.2 Å². The number of fused-ring (bicyclic) bond motifs is 1. The predicted molar refractivity (Wildman–Crippen MR) is 64.0 cm³/mol. The molecule has 0 atom stereocenters. The van der Waals surface area contributed by atoms with Crippen LogP contribution in [0.5, 0.6) is 0 Å². The van der Waals surface area contributed by atoms with Crippen LogP contribution in [0, 0.1) is 0 Å². The Kier molecular flexibility index (Phi) is 2.30. The summed E-state index contributed by atoms with van der Waals surface area (Å²) in [7, 11) is 0. The van der Waals surface area contributed by atoms with Gasteiger partial charge in [0.05, 0.1) is 17.4 Å². The number of hydrogen-bond acceptors (Lipinski definition) is 5. The van der Waals surface area contributed by atoms with Crippen LogP contribution in [-0.4, -0.2) is 26.1 Å². The third-order valence-electron chi connectivity index (χ3n) is 2.26. The van der Waals surface area contributed by atoms with E-state index in [1.807, 2.05) is 0 Å². The number of benzene rings is 1. The maximum atomic E-state index is 11.9. The quantitative estimate of drug-likeness (QED) is 0.719. The largest absolute Gasteiger partial charge is 0.345 e. The van der Waals surface area contributed by atoms with Gasteiger partial charge >= 0.3 is 0 Å². The molecule has 3 rings (SSSR count). The van der Waals surface area contributed by atoms with Crippen LogP contribution >= 0.6 is 11.3 Å². The fourth-order valence-corrected chi connectivity index (χ4v) is 1.91. The first-order chi connectivity index (χ1) is 8.33. The summed E-state index contributed by atoms with van der Waals surface area (Å²) < 4.78 is 0. The smallest absolute Gasteiger partial charge is 0.257 e. The molecule has 0 spiro atoms. The molecule has 0 saturated heterocycles. The molecule has 7 heteroatoms. The summed E-state index contributed by atoms with van der Waals surface area (Å²) in [6, 6.07) is 5.26. The number of aromatic nitrogens is 4. The van der Waals surface area contributed by atoms with Gasteiger partial charge in [0, 0.05) is 5.56 Å². The Balaban J connectivity index is 1.90. The highest BCUT2D eigenvalue weighted by Gasteiger charge is 2.09. The zero-order chi connectivity index (χ0) is 11.7. The van der Waals surface area contributed by atoms with E-state index in [2.05, 4.69) is 25.5 Å². The summed E-state index contributed by atoms with van der Waals surface area (Å²) in [6.07, 6.45) is 1.59. The monoisotopic (exact) mass is 245 g/mol. The lowest BCUT2D eigenvalue weighted by Gasteiger charge is -2.00. The summed E-state index contributed by atoms with van der Waals surface area (Å²) in [5, 5.41) is 10.6. The molecule has 84 valence electrons. The summed E-state index contributed by atoms with van der Waals surface area (Å²) in [6.45, 7) is 0. The Labute approximate surface area is 99.7 Å². The van der Waals surface area contributed by atoms with Crippen LogP contribution in [-0.2, 0) is 0 Å². The number of carbonyl (C=O) groups is 1. The van der Waals surface area contributed by atoms with Gasteiger partial charge in [-0.2, -0.15) is 0 Å². The van der Waals surface area contributed by atoms with Crippen molar-refractivity contribution >= 4 is 33.4 Å². The van der Waals surface area contributed by atoms with Crippen molar-refractivity contribution in [3.05, 3.63) is 35.6 Å². The minimum Gasteiger partial charge on any atom is -0.345 e. The van der Waals surface area contributed by atoms with E-state index in [9.17, 15) is 4.79 Å². The van der Waals surface area contributed by atoms with E-state index in [0.717, 1.165) is 11.0 Å². The van der Waals surface area contributed by atoms with Gasteiger partial charge in [0.15, 0.2) is 0 Å². The zero-order valence-electron chi connectivity index (χ0n) is 8.54. The predicted octanol–water partition coefficient (Wildman–Crippen LogP) is 1.67. The van der Waals surface area contributed by atoms with Crippen molar-refractivity contribution < 1.29 is 4.79 Å². The Morgan fingerprint density at radius 2 is 2.35 bits per heavy atom. The summed E-state index contributed by atoms with van der Waals surface area (Å²) >= 11 is 1.28. The number of rotatable bonds is 2. The van der Waals surface area contributed by atoms with Crippen molar-refractivity contribution in [1.82, 2.24) is 20.2 Å². The van der Waals surface area contributed by atoms with Crippen LogP contribution in [0.1, 0.15) is 10.4 Å². The van der Waals surface area contributed by atoms with Gasteiger partial charge in [-0.25, -0.2) is 4.98 Å². The van der Waals surface area contributed by atoms with Gasteiger partial charge in [0.1, 0.15) is 5.51 Å². The van der Waals surface area contributed by atoms with Crippen molar-refractivity contribution in [1.29, 1.82) is 0 Å². The molecule has 6 nitrogen and oxygen atoms in total. The molecule has 1 aromatic carbocycles. The molecule has 0 fully saturated rings. The van der Waals surface area contributed by atoms with Crippen molar-refractivity contribution in [2.45, 2.75) is 0 Å². The van der Waals surface area contributed by atoms with E-state index in [4.69, 9.17) is 0 Å². The standard InChI is InChI=1S/C10H7N5OS/c16-9(14-10-15-13-5-17-10)6-1-2-7-8(3-6)12-4-11-7/h1-5H,(H,11,12)(H,14,15,16). The van der Waals surface area contributed by atoms with Crippen LogP contribution in [0.3, 0.4) is 0 Å². The molecule has 1 amide bonds. The van der Waals surface area contributed by atoms with E-state index >= 15 is 0 Å². The molecular formula is C10H7N5OS. The van der Waals surface area contributed by atoms with Crippen LogP contribution in [0.4, 0.5) is 5.13 Å². The molecule has 0 aliphatic carbocycles. The number of aromatic amines is 1. The Hall–Kier alpha value is -2.28. The second kappa shape index (κ2) is 3.95. The number of H-pyrrole nitrogens is 1. The number of carbonyl (C=O) groups excluding carboxylic acids is 1. The van der Waals surface area contributed by atoms with E-state index in [0.29, 0.717) is 10.7 Å². The van der Waals surface area contributed by atoms with Gasteiger partial charge < -0.3 is 4.98 Å². The highest BCUT2D eigenvalue weighted by atomic mass is 32.1. The summed E-state index contributed by atoms with van der Waals surface area (Å²) in [5.74, 6) is -0.210. The van der Waals surface area contributed by atoms with E-state index < -0.39 is 0 Å². The molecule has 3 aromatic rings.